The lowest BCUT2D eigenvalue weighted by Gasteiger charge is -2.33. The summed E-state index contributed by atoms with van der Waals surface area (Å²) >= 11 is 3.26. The predicted molar refractivity (Wildman–Crippen MR) is 73.6 cm³/mol. The Bertz CT molecular complexity index is 523. The number of aromatic nitrogens is 1. The standard InChI is InChI=1S/C12H17BrN2O2S/c1-9-3-10(2)8-15(7-9)18(16,17)12-4-11(13)5-14-6-12/h4-6,9-10H,3,7-8H2,1-2H3/t9-,10-/m0/s1. The van der Waals surface area contributed by atoms with Crippen LogP contribution < -0.4 is 0 Å². The third kappa shape index (κ3) is 2.92. The minimum Gasteiger partial charge on any atom is -0.262 e. The molecule has 0 aromatic carbocycles. The molecule has 1 aliphatic heterocycles. The highest BCUT2D eigenvalue weighted by atomic mass is 79.9. The Balaban J connectivity index is 2.31. The highest BCUT2D eigenvalue weighted by Crippen LogP contribution is 2.27. The Morgan fingerprint density at radius 3 is 2.44 bits per heavy atom. The van der Waals surface area contributed by atoms with Gasteiger partial charge in [0.25, 0.3) is 0 Å². The molecule has 0 N–H and O–H groups in total. The van der Waals surface area contributed by atoms with E-state index in [1.165, 1.54) is 6.20 Å². The molecule has 0 spiro atoms. The molecule has 0 bridgehead atoms. The van der Waals surface area contributed by atoms with E-state index in [4.69, 9.17) is 0 Å². The molecule has 18 heavy (non-hydrogen) atoms. The first-order valence-electron chi connectivity index (χ1n) is 6.00. The summed E-state index contributed by atoms with van der Waals surface area (Å²) in [4.78, 5) is 4.19. The lowest BCUT2D eigenvalue weighted by Crippen LogP contribution is -2.42. The fourth-order valence-electron chi connectivity index (χ4n) is 2.48. The molecule has 100 valence electrons. The lowest BCUT2D eigenvalue weighted by atomic mass is 9.94. The molecule has 1 aromatic rings. The molecule has 1 fully saturated rings. The molecule has 1 aromatic heterocycles. The number of hydrogen-bond acceptors (Lipinski definition) is 3. The van der Waals surface area contributed by atoms with Gasteiger partial charge in [-0.3, -0.25) is 4.98 Å². The van der Waals surface area contributed by atoms with Gasteiger partial charge in [-0.25, -0.2) is 8.42 Å². The lowest BCUT2D eigenvalue weighted by molar-refractivity contribution is 0.222. The first-order chi connectivity index (χ1) is 8.39. The van der Waals surface area contributed by atoms with Crippen molar-refractivity contribution in [3.8, 4) is 0 Å². The molecular weight excluding hydrogens is 316 g/mol. The maximum atomic E-state index is 12.5. The van der Waals surface area contributed by atoms with Crippen LogP contribution in [0.3, 0.4) is 0 Å². The summed E-state index contributed by atoms with van der Waals surface area (Å²) in [7, 11) is -3.41. The van der Waals surface area contributed by atoms with E-state index < -0.39 is 10.0 Å². The van der Waals surface area contributed by atoms with Gasteiger partial charge in [0, 0.05) is 30.0 Å². The molecule has 4 nitrogen and oxygen atoms in total. The van der Waals surface area contributed by atoms with Crippen molar-refractivity contribution in [2.24, 2.45) is 11.8 Å². The third-order valence-electron chi connectivity index (χ3n) is 3.15. The molecule has 0 aliphatic carbocycles. The van der Waals surface area contributed by atoms with E-state index in [2.05, 4.69) is 34.8 Å². The van der Waals surface area contributed by atoms with Crippen molar-refractivity contribution in [3.63, 3.8) is 0 Å². The van der Waals surface area contributed by atoms with E-state index in [0.717, 1.165) is 6.42 Å². The van der Waals surface area contributed by atoms with Crippen molar-refractivity contribution >= 4 is 26.0 Å². The van der Waals surface area contributed by atoms with Gasteiger partial charge in [0.15, 0.2) is 0 Å². The van der Waals surface area contributed by atoms with Crippen LogP contribution in [0.25, 0.3) is 0 Å². The second kappa shape index (κ2) is 5.27. The quantitative estimate of drug-likeness (QED) is 0.836. The van der Waals surface area contributed by atoms with Crippen LogP contribution in [0.5, 0.6) is 0 Å². The van der Waals surface area contributed by atoms with E-state index in [9.17, 15) is 8.42 Å². The maximum absolute atomic E-state index is 12.5. The van der Waals surface area contributed by atoms with Crippen molar-refractivity contribution in [1.82, 2.24) is 9.29 Å². The Morgan fingerprint density at radius 1 is 1.28 bits per heavy atom. The molecule has 6 heteroatoms. The number of piperidine rings is 1. The van der Waals surface area contributed by atoms with Gasteiger partial charge in [0.2, 0.25) is 10.0 Å². The summed E-state index contributed by atoms with van der Waals surface area (Å²) in [6, 6.07) is 1.60. The first kappa shape index (κ1) is 14.0. The van der Waals surface area contributed by atoms with Crippen LogP contribution in [0.15, 0.2) is 27.8 Å². The van der Waals surface area contributed by atoms with Crippen LogP contribution in [0.2, 0.25) is 0 Å². The van der Waals surface area contributed by atoms with Crippen LogP contribution in [-0.2, 0) is 10.0 Å². The van der Waals surface area contributed by atoms with Gasteiger partial charge < -0.3 is 0 Å². The number of sulfonamides is 1. The van der Waals surface area contributed by atoms with Crippen molar-refractivity contribution in [1.29, 1.82) is 0 Å². The van der Waals surface area contributed by atoms with Crippen LogP contribution in [0.1, 0.15) is 20.3 Å². The third-order valence-corrected chi connectivity index (χ3v) is 5.38. The van der Waals surface area contributed by atoms with Gasteiger partial charge in [-0.15, -0.1) is 0 Å². The van der Waals surface area contributed by atoms with E-state index in [1.54, 1.807) is 16.6 Å². The van der Waals surface area contributed by atoms with Crippen LogP contribution in [0, 0.1) is 11.8 Å². The number of rotatable bonds is 2. The monoisotopic (exact) mass is 332 g/mol. The molecular formula is C12H17BrN2O2S. The summed E-state index contributed by atoms with van der Waals surface area (Å²) in [6.07, 6.45) is 4.08. The Kier molecular flexibility index (Phi) is 4.08. The largest absolute Gasteiger partial charge is 0.262 e. The number of pyridine rings is 1. The van der Waals surface area contributed by atoms with E-state index in [1.807, 2.05) is 0 Å². The van der Waals surface area contributed by atoms with Gasteiger partial charge in [-0.05, 0) is 40.3 Å². The van der Waals surface area contributed by atoms with Gasteiger partial charge >= 0.3 is 0 Å². The summed E-state index contributed by atoms with van der Waals surface area (Å²) in [5.41, 5.74) is 0. The average Bonchev–Trinajstić information content (AvgIpc) is 2.27. The minimum absolute atomic E-state index is 0.262. The van der Waals surface area contributed by atoms with Crippen molar-refractivity contribution in [2.75, 3.05) is 13.1 Å². The number of halogens is 1. The Labute approximate surface area is 117 Å². The van der Waals surface area contributed by atoms with E-state index in [0.29, 0.717) is 29.4 Å². The smallest absolute Gasteiger partial charge is 0.244 e. The molecule has 2 rings (SSSR count). The zero-order valence-electron chi connectivity index (χ0n) is 10.5. The number of hydrogen-bond donors (Lipinski definition) is 0. The molecule has 2 heterocycles. The zero-order chi connectivity index (χ0) is 13.3. The van der Waals surface area contributed by atoms with Crippen LogP contribution >= 0.6 is 15.9 Å². The van der Waals surface area contributed by atoms with Crippen molar-refractivity contribution in [3.05, 3.63) is 22.9 Å². The van der Waals surface area contributed by atoms with Gasteiger partial charge in [-0.1, -0.05) is 13.8 Å². The van der Waals surface area contributed by atoms with Crippen molar-refractivity contribution < 1.29 is 8.42 Å². The SMILES string of the molecule is C[C@H]1C[C@H](C)CN(S(=O)(=O)c2cncc(Br)c2)C1. The fraction of sp³-hybridized carbons (Fsp3) is 0.583. The van der Waals surface area contributed by atoms with Gasteiger partial charge in [-0.2, -0.15) is 4.31 Å². The second-order valence-electron chi connectivity index (χ2n) is 5.11. The molecule has 1 saturated heterocycles. The van der Waals surface area contributed by atoms with E-state index >= 15 is 0 Å². The normalized spacial score (nSPS) is 26.2. The minimum atomic E-state index is -3.41. The summed E-state index contributed by atoms with van der Waals surface area (Å²) in [5, 5.41) is 0. The maximum Gasteiger partial charge on any atom is 0.244 e. The molecule has 0 saturated carbocycles. The zero-order valence-corrected chi connectivity index (χ0v) is 12.9. The molecule has 2 atom stereocenters. The Morgan fingerprint density at radius 2 is 1.89 bits per heavy atom. The predicted octanol–water partition coefficient (Wildman–Crippen LogP) is 2.51. The van der Waals surface area contributed by atoms with Gasteiger partial charge in [0.05, 0.1) is 0 Å². The summed E-state index contributed by atoms with van der Waals surface area (Å²) in [5.74, 6) is 0.812. The highest BCUT2D eigenvalue weighted by molar-refractivity contribution is 9.10. The topological polar surface area (TPSA) is 50.3 Å². The van der Waals surface area contributed by atoms with Crippen LogP contribution in [-0.4, -0.2) is 30.8 Å². The molecule has 0 amide bonds. The summed E-state index contributed by atoms with van der Waals surface area (Å²) in [6.45, 7) is 5.38. The van der Waals surface area contributed by atoms with Gasteiger partial charge in [0.1, 0.15) is 4.90 Å². The Hall–Kier alpha value is -0.460. The molecule has 0 radical (unpaired) electrons. The van der Waals surface area contributed by atoms with E-state index in [-0.39, 0.29) is 4.90 Å². The fourth-order valence-corrected chi connectivity index (χ4v) is 4.67. The second-order valence-corrected chi connectivity index (χ2v) is 7.96. The number of nitrogens with zero attached hydrogens (tertiary/aromatic N) is 2. The summed E-state index contributed by atoms with van der Waals surface area (Å²) < 4.78 is 27.3. The first-order valence-corrected chi connectivity index (χ1v) is 8.23. The highest BCUT2D eigenvalue weighted by Gasteiger charge is 2.31. The molecule has 1 aliphatic rings. The average molecular weight is 333 g/mol. The van der Waals surface area contributed by atoms with Crippen LogP contribution in [0.4, 0.5) is 0 Å². The molecule has 0 unspecified atom stereocenters. The van der Waals surface area contributed by atoms with Crippen molar-refractivity contribution in [2.45, 2.75) is 25.2 Å².